The molecule has 4 rings (SSSR count). The second kappa shape index (κ2) is 6.72. The van der Waals surface area contributed by atoms with Crippen molar-refractivity contribution in [2.75, 3.05) is 14.2 Å². The summed E-state index contributed by atoms with van der Waals surface area (Å²) < 4.78 is 36.7. The van der Waals surface area contributed by atoms with Crippen LogP contribution in [0.2, 0.25) is 0 Å². The minimum Gasteiger partial charge on any atom is -0.469 e. The van der Waals surface area contributed by atoms with Crippen molar-refractivity contribution in [3.8, 4) is 0 Å². The molecule has 2 aromatic rings. The molecule has 1 aliphatic carbocycles. The van der Waals surface area contributed by atoms with Crippen molar-refractivity contribution in [1.82, 2.24) is 0 Å². The van der Waals surface area contributed by atoms with Crippen molar-refractivity contribution in [3.05, 3.63) is 71.3 Å². The van der Waals surface area contributed by atoms with E-state index in [1.165, 1.54) is 38.5 Å². The number of esters is 2. The summed E-state index contributed by atoms with van der Waals surface area (Å²) in [5, 5.41) is 8.85. The second-order valence-corrected chi connectivity index (χ2v) is 7.24. The summed E-state index contributed by atoms with van der Waals surface area (Å²) in [7, 11) is 2.48. The van der Waals surface area contributed by atoms with Gasteiger partial charge in [-0.25, -0.2) is 8.78 Å². The van der Waals surface area contributed by atoms with E-state index in [2.05, 4.69) is 10.2 Å². The van der Waals surface area contributed by atoms with E-state index in [0.29, 0.717) is 11.1 Å². The second-order valence-electron chi connectivity index (χ2n) is 7.24. The van der Waals surface area contributed by atoms with Crippen molar-refractivity contribution in [2.45, 2.75) is 17.5 Å². The number of methoxy groups -OCH3 is 2. The molecule has 0 saturated heterocycles. The third-order valence-corrected chi connectivity index (χ3v) is 5.80. The maximum atomic E-state index is 13.5. The first kappa shape index (κ1) is 19.2. The SMILES string of the molecule is COC(=O)[C@H]1[C@H](C(=O)OC)C12CC(c1ccc(F)cc1)(c1ccc(F)cc1)N=N2. The Bertz CT molecular complexity index is 921. The van der Waals surface area contributed by atoms with Gasteiger partial charge in [0.2, 0.25) is 0 Å². The molecule has 6 nitrogen and oxygen atoms in total. The van der Waals surface area contributed by atoms with Gasteiger partial charge >= 0.3 is 11.9 Å². The predicted octanol–water partition coefficient (Wildman–Crippen LogP) is 3.40. The van der Waals surface area contributed by atoms with Crippen LogP contribution in [0.4, 0.5) is 8.78 Å². The molecular weight excluding hydrogens is 382 g/mol. The van der Waals surface area contributed by atoms with E-state index in [1.54, 1.807) is 24.3 Å². The van der Waals surface area contributed by atoms with Gasteiger partial charge in [-0.1, -0.05) is 24.3 Å². The van der Waals surface area contributed by atoms with Gasteiger partial charge in [-0.2, -0.15) is 10.2 Å². The molecule has 0 N–H and O–H groups in total. The first-order valence-corrected chi connectivity index (χ1v) is 9.00. The van der Waals surface area contributed by atoms with Crippen molar-refractivity contribution < 1.29 is 27.8 Å². The summed E-state index contributed by atoms with van der Waals surface area (Å²) in [6.45, 7) is 0. The Hall–Kier alpha value is -3.16. The van der Waals surface area contributed by atoms with Crippen molar-refractivity contribution in [2.24, 2.45) is 22.1 Å². The lowest BCUT2D eigenvalue weighted by atomic mass is 9.78. The Morgan fingerprint density at radius 2 is 1.24 bits per heavy atom. The highest BCUT2D eigenvalue weighted by molar-refractivity contribution is 5.92. The van der Waals surface area contributed by atoms with E-state index in [-0.39, 0.29) is 6.42 Å². The molecule has 1 spiro atoms. The average molecular weight is 400 g/mol. The summed E-state index contributed by atoms with van der Waals surface area (Å²) in [6.07, 6.45) is 0.163. The molecule has 0 radical (unpaired) electrons. The molecule has 150 valence electrons. The van der Waals surface area contributed by atoms with E-state index in [9.17, 15) is 18.4 Å². The number of carbonyl (C=O) groups excluding carboxylic acids is 2. The topological polar surface area (TPSA) is 77.3 Å². The number of ether oxygens (including phenoxy) is 2. The van der Waals surface area contributed by atoms with Gasteiger partial charge in [0, 0.05) is 6.42 Å². The summed E-state index contributed by atoms with van der Waals surface area (Å²) in [4.78, 5) is 24.6. The summed E-state index contributed by atoms with van der Waals surface area (Å²) in [5.41, 5.74) is -0.991. The van der Waals surface area contributed by atoms with Crippen molar-refractivity contribution >= 4 is 11.9 Å². The van der Waals surface area contributed by atoms with Crippen LogP contribution in [0.1, 0.15) is 17.5 Å². The molecule has 1 fully saturated rings. The Morgan fingerprint density at radius 3 is 1.62 bits per heavy atom. The molecule has 2 aromatic carbocycles. The Labute approximate surface area is 165 Å². The molecular formula is C21H18F2N2O4. The zero-order chi connectivity index (χ0) is 20.8. The van der Waals surface area contributed by atoms with Crippen LogP contribution >= 0.6 is 0 Å². The lowest BCUT2D eigenvalue weighted by molar-refractivity contribution is -0.148. The Kier molecular flexibility index (Phi) is 4.44. The van der Waals surface area contributed by atoms with E-state index < -0.39 is 46.5 Å². The molecule has 1 heterocycles. The molecule has 0 bridgehead atoms. The Morgan fingerprint density at radius 1 is 0.828 bits per heavy atom. The van der Waals surface area contributed by atoms with Gasteiger partial charge in [0.1, 0.15) is 34.5 Å². The molecule has 1 aliphatic heterocycles. The van der Waals surface area contributed by atoms with Gasteiger partial charge in [0.05, 0.1) is 14.2 Å². The number of nitrogens with zero attached hydrogens (tertiary/aromatic N) is 2. The lowest BCUT2D eigenvalue weighted by Gasteiger charge is -2.27. The van der Waals surface area contributed by atoms with Gasteiger partial charge in [-0.3, -0.25) is 9.59 Å². The monoisotopic (exact) mass is 400 g/mol. The molecule has 0 aromatic heterocycles. The molecule has 29 heavy (non-hydrogen) atoms. The minimum absolute atomic E-state index is 0.163. The number of carbonyl (C=O) groups is 2. The van der Waals surface area contributed by atoms with Crippen molar-refractivity contribution in [1.29, 1.82) is 0 Å². The number of rotatable bonds is 4. The maximum absolute atomic E-state index is 13.5. The molecule has 0 amide bonds. The minimum atomic E-state index is -1.12. The Balaban J connectivity index is 1.82. The van der Waals surface area contributed by atoms with E-state index in [1.807, 2.05) is 0 Å². The van der Waals surface area contributed by atoms with Crippen LogP contribution < -0.4 is 0 Å². The smallest absolute Gasteiger partial charge is 0.312 e. The summed E-state index contributed by atoms with van der Waals surface area (Å²) in [6, 6.07) is 11.5. The highest BCUT2D eigenvalue weighted by atomic mass is 19.1. The molecule has 2 aliphatic rings. The van der Waals surface area contributed by atoms with Gasteiger partial charge in [-0.05, 0) is 35.4 Å². The van der Waals surface area contributed by atoms with E-state index in [4.69, 9.17) is 9.47 Å². The third kappa shape index (κ3) is 2.82. The molecule has 1 saturated carbocycles. The van der Waals surface area contributed by atoms with Gasteiger partial charge in [0.25, 0.3) is 0 Å². The summed E-state index contributed by atoms with van der Waals surface area (Å²) >= 11 is 0. The number of halogens is 2. The standard InChI is InChI=1S/C21H18F2N2O4/c1-28-18(26)16-17(19(27)29-2)21(16)11-20(24-25-21,12-3-7-14(22)8-4-12)13-5-9-15(23)10-6-13/h3-10,16-17H,11H2,1-2H3/t16-,17-/m1/s1. The lowest BCUT2D eigenvalue weighted by Crippen LogP contribution is -2.28. The van der Waals surface area contributed by atoms with Gasteiger partial charge in [-0.15, -0.1) is 0 Å². The zero-order valence-electron chi connectivity index (χ0n) is 15.8. The fraction of sp³-hybridized carbons (Fsp3) is 0.333. The van der Waals surface area contributed by atoms with Gasteiger partial charge < -0.3 is 9.47 Å². The normalized spacial score (nSPS) is 26.3. The fourth-order valence-electron chi connectivity index (χ4n) is 4.30. The number of benzene rings is 2. The van der Waals surface area contributed by atoms with Crippen LogP contribution in [0.15, 0.2) is 58.8 Å². The van der Waals surface area contributed by atoms with Crippen molar-refractivity contribution in [3.63, 3.8) is 0 Å². The van der Waals surface area contributed by atoms with Crippen LogP contribution in [0.3, 0.4) is 0 Å². The van der Waals surface area contributed by atoms with Crippen LogP contribution in [0.5, 0.6) is 0 Å². The number of hydrogen-bond acceptors (Lipinski definition) is 6. The van der Waals surface area contributed by atoms with Crippen LogP contribution in [-0.2, 0) is 24.6 Å². The average Bonchev–Trinajstić information content (AvgIpc) is 3.20. The predicted molar refractivity (Wildman–Crippen MR) is 96.8 cm³/mol. The molecule has 8 heteroatoms. The molecule has 0 unspecified atom stereocenters. The highest BCUT2D eigenvalue weighted by Crippen LogP contribution is 2.65. The first-order valence-electron chi connectivity index (χ1n) is 9.00. The van der Waals surface area contributed by atoms with Crippen LogP contribution in [0.25, 0.3) is 0 Å². The summed E-state index contributed by atoms with van der Waals surface area (Å²) in [5.74, 6) is -3.64. The van der Waals surface area contributed by atoms with E-state index >= 15 is 0 Å². The number of azo groups is 1. The maximum Gasteiger partial charge on any atom is 0.312 e. The van der Waals surface area contributed by atoms with Gasteiger partial charge in [0.15, 0.2) is 0 Å². The first-order chi connectivity index (χ1) is 13.9. The fourth-order valence-corrected chi connectivity index (χ4v) is 4.30. The quantitative estimate of drug-likeness (QED) is 0.737. The largest absolute Gasteiger partial charge is 0.469 e. The van der Waals surface area contributed by atoms with E-state index in [0.717, 1.165) is 0 Å². The number of hydrogen-bond donors (Lipinski definition) is 0. The third-order valence-electron chi connectivity index (χ3n) is 5.80. The molecule has 2 atom stereocenters. The van der Waals surface area contributed by atoms with Crippen LogP contribution in [0, 0.1) is 23.5 Å². The zero-order valence-corrected chi connectivity index (χ0v) is 15.8. The van der Waals surface area contributed by atoms with Crippen LogP contribution in [-0.4, -0.2) is 31.7 Å². The highest BCUT2D eigenvalue weighted by Gasteiger charge is 2.78.